The molecule has 0 atom stereocenters. The second-order valence-corrected chi connectivity index (χ2v) is 3.63. The molecule has 0 spiro atoms. The molecule has 0 radical (unpaired) electrons. The van der Waals surface area contributed by atoms with Crippen LogP contribution in [0.4, 0.5) is 0 Å². The molecule has 0 saturated heterocycles. The molecule has 1 heterocycles. The maximum absolute atomic E-state index is 8.68. The summed E-state index contributed by atoms with van der Waals surface area (Å²) in [7, 11) is 0. The summed E-state index contributed by atoms with van der Waals surface area (Å²) in [6.45, 7) is 4.41. The van der Waals surface area contributed by atoms with Gasteiger partial charge in [-0.3, -0.25) is 0 Å². The number of nitrogens with one attached hydrogen (secondary N) is 1. The van der Waals surface area contributed by atoms with Crippen LogP contribution in [0.5, 0.6) is 0 Å². The van der Waals surface area contributed by atoms with Crippen molar-refractivity contribution < 1.29 is 0 Å². The second-order valence-electron chi connectivity index (χ2n) is 3.63. The highest BCUT2D eigenvalue weighted by molar-refractivity contribution is 5.25. The van der Waals surface area contributed by atoms with E-state index in [1.807, 2.05) is 0 Å². The van der Waals surface area contributed by atoms with Crippen molar-refractivity contribution in [3.8, 4) is 6.07 Å². The predicted molar refractivity (Wildman–Crippen MR) is 51.1 cm³/mol. The lowest BCUT2D eigenvalue weighted by atomic mass is 10.0. The predicted octanol–water partition coefficient (Wildman–Crippen LogP) is 2.26. The fourth-order valence-corrected chi connectivity index (χ4v) is 1.30. The molecule has 0 saturated carbocycles. The summed E-state index contributed by atoms with van der Waals surface area (Å²) < 4.78 is 0. The van der Waals surface area contributed by atoms with Crippen molar-refractivity contribution in [3.63, 3.8) is 0 Å². The number of rotatable bonds is 4. The lowest BCUT2D eigenvalue weighted by Gasteiger charge is -2.02. The van der Waals surface area contributed by atoms with Crippen molar-refractivity contribution in [2.45, 2.75) is 33.1 Å². The topological polar surface area (TPSA) is 52.5 Å². The van der Waals surface area contributed by atoms with Crippen molar-refractivity contribution in [3.05, 3.63) is 17.7 Å². The van der Waals surface area contributed by atoms with E-state index in [1.165, 1.54) is 6.42 Å². The molecule has 0 amide bonds. The Hall–Kier alpha value is -1.30. The quantitative estimate of drug-likeness (QED) is 0.766. The zero-order valence-electron chi connectivity index (χ0n) is 8.17. The fourth-order valence-electron chi connectivity index (χ4n) is 1.30. The van der Waals surface area contributed by atoms with Crippen LogP contribution < -0.4 is 0 Å². The van der Waals surface area contributed by atoms with Crippen LogP contribution in [0.25, 0.3) is 0 Å². The highest BCUT2D eigenvalue weighted by Crippen LogP contribution is 2.10. The normalized spacial score (nSPS) is 10.3. The highest BCUT2D eigenvalue weighted by atomic mass is 14.9. The van der Waals surface area contributed by atoms with Gasteiger partial charge in [-0.05, 0) is 18.8 Å². The molecule has 1 rings (SSSR count). The SMILES string of the molecule is CC(C)CCCc1[nH]cnc1C#N. The summed E-state index contributed by atoms with van der Waals surface area (Å²) in [5.41, 5.74) is 1.52. The van der Waals surface area contributed by atoms with Crippen LogP contribution in [0.3, 0.4) is 0 Å². The molecule has 70 valence electrons. The maximum atomic E-state index is 8.68. The maximum Gasteiger partial charge on any atom is 0.161 e. The number of aryl methyl sites for hydroxylation is 1. The van der Waals surface area contributed by atoms with E-state index < -0.39 is 0 Å². The lowest BCUT2D eigenvalue weighted by Crippen LogP contribution is -1.93. The molecule has 0 bridgehead atoms. The molecule has 1 aromatic rings. The number of nitrogens with zero attached hydrogens (tertiary/aromatic N) is 2. The molecule has 0 aromatic carbocycles. The molecule has 3 heteroatoms. The minimum Gasteiger partial charge on any atom is -0.347 e. The number of nitriles is 1. The van der Waals surface area contributed by atoms with Crippen molar-refractivity contribution in [1.82, 2.24) is 9.97 Å². The molecule has 0 fully saturated rings. The zero-order chi connectivity index (χ0) is 9.68. The van der Waals surface area contributed by atoms with Gasteiger partial charge in [-0.25, -0.2) is 4.98 Å². The summed E-state index contributed by atoms with van der Waals surface area (Å²) in [4.78, 5) is 6.91. The van der Waals surface area contributed by atoms with Crippen molar-refractivity contribution in [2.75, 3.05) is 0 Å². The Labute approximate surface area is 78.8 Å². The Balaban J connectivity index is 2.41. The fraction of sp³-hybridized carbons (Fsp3) is 0.600. The minimum absolute atomic E-state index is 0.545. The first-order valence-corrected chi connectivity index (χ1v) is 4.66. The number of aromatic amines is 1. The van der Waals surface area contributed by atoms with Gasteiger partial charge in [0.15, 0.2) is 5.69 Å². The lowest BCUT2D eigenvalue weighted by molar-refractivity contribution is 0.553. The third kappa shape index (κ3) is 2.90. The molecular formula is C10H15N3. The van der Waals surface area contributed by atoms with Gasteiger partial charge >= 0.3 is 0 Å². The first-order chi connectivity index (χ1) is 6.24. The Morgan fingerprint density at radius 1 is 1.62 bits per heavy atom. The van der Waals surface area contributed by atoms with Gasteiger partial charge < -0.3 is 4.98 Å². The Morgan fingerprint density at radius 2 is 2.38 bits per heavy atom. The average Bonchev–Trinajstić information content (AvgIpc) is 2.51. The van der Waals surface area contributed by atoms with Crippen molar-refractivity contribution in [2.24, 2.45) is 5.92 Å². The summed E-state index contributed by atoms with van der Waals surface area (Å²) >= 11 is 0. The molecule has 3 nitrogen and oxygen atoms in total. The van der Waals surface area contributed by atoms with Gasteiger partial charge in [0.05, 0.1) is 12.0 Å². The summed E-state index contributed by atoms with van der Waals surface area (Å²) in [5, 5.41) is 8.68. The first-order valence-electron chi connectivity index (χ1n) is 4.66. The van der Waals surface area contributed by atoms with E-state index >= 15 is 0 Å². The molecule has 0 unspecified atom stereocenters. The van der Waals surface area contributed by atoms with E-state index in [2.05, 4.69) is 29.9 Å². The molecule has 0 aliphatic carbocycles. The minimum atomic E-state index is 0.545. The number of hydrogen-bond donors (Lipinski definition) is 1. The molecule has 0 aliphatic rings. The van der Waals surface area contributed by atoms with Gasteiger partial charge in [0.25, 0.3) is 0 Å². The summed E-state index contributed by atoms with van der Waals surface area (Å²) in [6, 6.07) is 2.07. The van der Waals surface area contributed by atoms with E-state index in [0.717, 1.165) is 24.5 Å². The average molecular weight is 177 g/mol. The molecule has 1 aromatic heterocycles. The largest absolute Gasteiger partial charge is 0.347 e. The van der Waals surface area contributed by atoms with E-state index in [0.29, 0.717) is 5.69 Å². The highest BCUT2D eigenvalue weighted by Gasteiger charge is 2.04. The Bertz CT molecular complexity index is 293. The van der Waals surface area contributed by atoms with Crippen LogP contribution in [0, 0.1) is 17.2 Å². The van der Waals surface area contributed by atoms with E-state index in [1.54, 1.807) is 6.33 Å². The summed E-state index contributed by atoms with van der Waals surface area (Å²) in [6.07, 6.45) is 4.84. The second kappa shape index (κ2) is 4.66. The van der Waals surface area contributed by atoms with Gasteiger partial charge in [0, 0.05) is 0 Å². The van der Waals surface area contributed by atoms with Gasteiger partial charge in [-0.15, -0.1) is 0 Å². The summed E-state index contributed by atoms with van der Waals surface area (Å²) in [5.74, 6) is 0.730. The molecule has 0 aliphatic heterocycles. The van der Waals surface area contributed by atoms with Crippen molar-refractivity contribution in [1.29, 1.82) is 5.26 Å². The van der Waals surface area contributed by atoms with Crippen LogP contribution >= 0.6 is 0 Å². The van der Waals surface area contributed by atoms with E-state index in [-0.39, 0.29) is 0 Å². The van der Waals surface area contributed by atoms with Crippen LogP contribution in [0.15, 0.2) is 6.33 Å². The van der Waals surface area contributed by atoms with E-state index in [4.69, 9.17) is 5.26 Å². The Kier molecular flexibility index (Phi) is 3.51. The van der Waals surface area contributed by atoms with Gasteiger partial charge in [-0.2, -0.15) is 5.26 Å². The smallest absolute Gasteiger partial charge is 0.161 e. The molecule has 1 N–H and O–H groups in total. The van der Waals surface area contributed by atoms with Crippen LogP contribution in [0.1, 0.15) is 38.1 Å². The Morgan fingerprint density at radius 3 is 3.00 bits per heavy atom. The van der Waals surface area contributed by atoms with Crippen LogP contribution in [-0.4, -0.2) is 9.97 Å². The standard InChI is InChI=1S/C10H15N3/c1-8(2)4-3-5-9-10(6-11)13-7-12-9/h7-8H,3-5H2,1-2H3,(H,12,13). The number of aromatic nitrogens is 2. The van der Waals surface area contributed by atoms with Crippen molar-refractivity contribution >= 4 is 0 Å². The van der Waals surface area contributed by atoms with E-state index in [9.17, 15) is 0 Å². The van der Waals surface area contributed by atoms with Gasteiger partial charge in [0.1, 0.15) is 6.07 Å². The van der Waals surface area contributed by atoms with Gasteiger partial charge in [0.2, 0.25) is 0 Å². The van der Waals surface area contributed by atoms with Crippen LogP contribution in [-0.2, 0) is 6.42 Å². The number of H-pyrrole nitrogens is 1. The zero-order valence-corrected chi connectivity index (χ0v) is 8.17. The molecule has 13 heavy (non-hydrogen) atoms. The number of imidazole rings is 1. The number of hydrogen-bond acceptors (Lipinski definition) is 2. The van der Waals surface area contributed by atoms with Crippen LogP contribution in [0.2, 0.25) is 0 Å². The third-order valence-corrected chi connectivity index (χ3v) is 2.03. The molecular weight excluding hydrogens is 162 g/mol. The van der Waals surface area contributed by atoms with Gasteiger partial charge in [-0.1, -0.05) is 20.3 Å². The first kappa shape index (κ1) is 9.79. The third-order valence-electron chi connectivity index (χ3n) is 2.03. The monoisotopic (exact) mass is 177 g/mol.